The van der Waals surface area contributed by atoms with Crippen LogP contribution in [-0.2, 0) is 0 Å². The van der Waals surface area contributed by atoms with Gasteiger partial charge in [0.2, 0.25) is 0 Å². The van der Waals surface area contributed by atoms with Crippen molar-refractivity contribution in [3.8, 4) is 113 Å². The van der Waals surface area contributed by atoms with Crippen LogP contribution in [0, 0.1) is 0 Å². The third-order valence-electron chi connectivity index (χ3n) is 23.4. The van der Waals surface area contributed by atoms with Crippen LogP contribution in [0.1, 0.15) is 27.7 Å². The average Bonchev–Trinajstić information content (AvgIpc) is 1.59. The number of hydrogen-bond acceptors (Lipinski definition) is 10. The molecule has 0 aliphatic carbocycles. The Hall–Kier alpha value is -15.8. The van der Waals surface area contributed by atoms with Crippen LogP contribution < -0.4 is 14.6 Å². The van der Waals surface area contributed by atoms with E-state index >= 15 is 0 Å². The van der Waals surface area contributed by atoms with Crippen molar-refractivity contribution >= 4 is 121 Å². The Morgan fingerprint density at radius 3 is 1.36 bits per heavy atom. The van der Waals surface area contributed by atoms with Crippen molar-refractivity contribution in [2.75, 3.05) is 0 Å². The maximum atomic E-state index is 5.50. The van der Waals surface area contributed by atoms with Gasteiger partial charge in [-0.05, 0) is 146 Å². The SMILES string of the molecule is C1=c2c(sc3c(-c4ccc(-c5cc(-c6cccc(-n7c8ccccc8c8ccccc87)c6)nc(-c6ccccc6)n5)cc4)ncnc23)=[N+]=C1c1ccc2cc(-c3cccc(-c4ccc(C5N=C(c6ccc(-c7cc(-c8cccc(-n9c%10ccccc%10c%10ccccc%109)c8)nc(-c8ccccc8)n7)cc6)c6sc7ncccc7c6[N-]5)cc4)c3)ccc2c1. The Morgan fingerprint density at radius 2 is 0.785 bits per heavy atom. The summed E-state index contributed by atoms with van der Waals surface area (Å²) in [6, 6.07) is 129. The molecule has 0 amide bonds. The van der Waals surface area contributed by atoms with Crippen LogP contribution in [0.5, 0.6) is 0 Å². The van der Waals surface area contributed by atoms with E-state index in [1.165, 1.54) is 21.5 Å². The summed E-state index contributed by atoms with van der Waals surface area (Å²) in [5.41, 5.74) is 28.8. The van der Waals surface area contributed by atoms with Crippen molar-refractivity contribution in [1.82, 2.24) is 48.7 Å². The molecule has 14 aromatic carbocycles. The standard InChI is InChI=1S/C107H64N12S2/c1-3-19-69(20-4-1)103-111-89(61-91(113-103)77-25-16-27-80(58-77)118-93-34-11-7-29-82(93)83-30-8-12-35-94(83)118)65-40-44-67(45-41-65)97-101-99(110-63-109-97)87-60-88(115-107(87)121-101)79-53-52-75-56-74(50-51-76(75)57-79)73-24-15-23-72(55-73)64-38-48-71(49-39-64)105-116-98(102-100(117-105)86-33-18-54-108-106(86)120-102)68-46-42-66(43-47-68)90-62-92(114-104(112-90)70-21-5-2-6-22-70)78-26-17-28-81(59-78)119-95-36-13-9-31-84(95)85-32-10-14-37-96(85)119/h1-63,105H. The first-order chi connectivity index (χ1) is 59.9. The van der Waals surface area contributed by atoms with Gasteiger partial charge < -0.3 is 14.5 Å². The van der Waals surface area contributed by atoms with Crippen LogP contribution in [0.25, 0.3) is 199 Å². The van der Waals surface area contributed by atoms with Crippen LogP contribution >= 0.6 is 22.7 Å². The molecule has 0 radical (unpaired) electrons. The fraction of sp³-hybridized carbons (Fsp3) is 0.00935. The lowest BCUT2D eigenvalue weighted by molar-refractivity contribution is 0.877. The molecule has 22 aromatic rings. The maximum Gasteiger partial charge on any atom is 0.393 e. The van der Waals surface area contributed by atoms with E-state index in [2.05, 4.69) is 337 Å². The second kappa shape index (κ2) is 28.5. The zero-order valence-electron chi connectivity index (χ0n) is 64.6. The minimum atomic E-state index is -0.485. The third kappa shape index (κ3) is 12.1. The predicted molar refractivity (Wildman–Crippen MR) is 497 cm³/mol. The van der Waals surface area contributed by atoms with Crippen LogP contribution in [-0.4, -0.2) is 55.4 Å². The first kappa shape index (κ1) is 69.5. The molecule has 564 valence electrons. The van der Waals surface area contributed by atoms with Gasteiger partial charge in [0.25, 0.3) is 0 Å². The van der Waals surface area contributed by atoms with E-state index in [0.29, 0.717) is 11.6 Å². The Kier molecular flexibility index (Phi) is 16.4. The number of hydrogen-bond donors (Lipinski definition) is 0. The number of benzene rings is 14. The van der Waals surface area contributed by atoms with Crippen LogP contribution in [0.15, 0.2) is 381 Å². The lowest BCUT2D eigenvalue weighted by atomic mass is 9.95. The minimum absolute atomic E-state index is 0.485. The number of aliphatic imine (C=N–C) groups is 1. The van der Waals surface area contributed by atoms with E-state index in [-0.39, 0.29) is 0 Å². The molecule has 14 heteroatoms. The van der Waals surface area contributed by atoms with E-state index < -0.39 is 6.17 Å². The molecule has 2 aliphatic rings. The third-order valence-corrected chi connectivity index (χ3v) is 25.6. The summed E-state index contributed by atoms with van der Waals surface area (Å²) < 4.78 is 11.9. The molecule has 10 heterocycles. The van der Waals surface area contributed by atoms with Crippen molar-refractivity contribution in [2.45, 2.75) is 6.17 Å². The van der Waals surface area contributed by atoms with E-state index in [1.54, 1.807) is 29.0 Å². The van der Waals surface area contributed by atoms with E-state index in [0.717, 1.165) is 203 Å². The Balaban J connectivity index is 0.488. The van der Waals surface area contributed by atoms with Crippen molar-refractivity contribution in [3.63, 3.8) is 0 Å². The van der Waals surface area contributed by atoms with Crippen molar-refractivity contribution in [1.29, 1.82) is 0 Å². The molecule has 1 atom stereocenters. The maximum absolute atomic E-state index is 5.50. The molecule has 8 aromatic heterocycles. The number of aromatic nitrogens is 9. The first-order valence-electron chi connectivity index (χ1n) is 40.3. The second-order valence-corrected chi connectivity index (χ2v) is 32.6. The van der Waals surface area contributed by atoms with E-state index in [9.17, 15) is 0 Å². The molecule has 121 heavy (non-hydrogen) atoms. The highest BCUT2D eigenvalue weighted by Gasteiger charge is 2.27. The zero-order valence-corrected chi connectivity index (χ0v) is 66.3. The fourth-order valence-electron chi connectivity index (χ4n) is 17.5. The Bertz CT molecular complexity index is 8120. The minimum Gasteiger partial charge on any atom is -0.658 e. The number of fused-ring (bicyclic) bond motifs is 13. The summed E-state index contributed by atoms with van der Waals surface area (Å²) >= 11 is 3.27. The molecule has 12 nitrogen and oxygen atoms in total. The average molecular weight is 1580 g/mol. The highest BCUT2D eigenvalue weighted by molar-refractivity contribution is 7.21. The zero-order chi connectivity index (χ0) is 79.6. The summed E-state index contributed by atoms with van der Waals surface area (Å²) in [7, 11) is 0. The first-order valence-corrected chi connectivity index (χ1v) is 41.9. The molecule has 0 saturated carbocycles. The number of rotatable bonds is 14. The van der Waals surface area contributed by atoms with Gasteiger partial charge in [-0.15, -0.1) is 17.0 Å². The normalized spacial score (nSPS) is 13.0. The Morgan fingerprint density at radius 1 is 0.331 bits per heavy atom. The van der Waals surface area contributed by atoms with Gasteiger partial charge in [0.15, 0.2) is 11.6 Å². The molecular formula is C107H64N12S2. The molecule has 0 spiro atoms. The van der Waals surface area contributed by atoms with Crippen molar-refractivity contribution in [3.05, 3.63) is 413 Å². The number of para-hydroxylation sites is 4. The number of nitrogens with zero attached hydrogens (tertiary/aromatic N) is 12. The largest absolute Gasteiger partial charge is 0.658 e. The molecular weight excluding hydrogens is 1520 g/mol. The molecule has 0 N–H and O–H groups in total. The van der Waals surface area contributed by atoms with Gasteiger partial charge in [0, 0.05) is 101 Å². The van der Waals surface area contributed by atoms with Gasteiger partial charge in [-0.1, -0.05) is 278 Å². The monoisotopic (exact) mass is 1580 g/mol. The molecule has 24 rings (SSSR count). The predicted octanol–water partition coefficient (Wildman–Crippen LogP) is 24.8. The molecule has 1 unspecified atom stereocenters. The van der Waals surface area contributed by atoms with Gasteiger partial charge in [-0.2, -0.15) is 0 Å². The van der Waals surface area contributed by atoms with E-state index in [4.69, 9.17) is 49.9 Å². The summed E-state index contributed by atoms with van der Waals surface area (Å²) in [5, 5.41) is 14.6. The highest BCUT2D eigenvalue weighted by Crippen LogP contribution is 2.50. The van der Waals surface area contributed by atoms with Gasteiger partial charge in [-0.3, -0.25) is 4.99 Å². The van der Waals surface area contributed by atoms with Crippen molar-refractivity contribution < 1.29 is 0 Å². The van der Waals surface area contributed by atoms with Gasteiger partial charge in [0.05, 0.1) is 66.5 Å². The molecule has 0 saturated heterocycles. The molecule has 0 fully saturated rings. The lowest BCUT2D eigenvalue weighted by Crippen LogP contribution is -2.17. The summed E-state index contributed by atoms with van der Waals surface area (Å²) in [4.78, 5) is 43.0. The van der Waals surface area contributed by atoms with Gasteiger partial charge >= 0.3 is 10.4 Å². The number of pyridine rings is 1. The summed E-state index contributed by atoms with van der Waals surface area (Å²) in [5.74, 6) is 1.31. The lowest BCUT2D eigenvalue weighted by Gasteiger charge is -2.36. The van der Waals surface area contributed by atoms with Crippen LogP contribution in [0.3, 0.4) is 0 Å². The van der Waals surface area contributed by atoms with Gasteiger partial charge in [-0.25, -0.2) is 34.9 Å². The number of thiophene rings is 2. The van der Waals surface area contributed by atoms with Crippen LogP contribution in [0.4, 0.5) is 5.69 Å². The van der Waals surface area contributed by atoms with E-state index in [1.807, 2.05) is 48.7 Å². The summed E-state index contributed by atoms with van der Waals surface area (Å²) in [6.07, 6.45) is 5.22. The molecule has 2 aliphatic heterocycles. The molecule has 0 bridgehead atoms. The van der Waals surface area contributed by atoms with Crippen molar-refractivity contribution in [2.24, 2.45) is 4.99 Å². The Labute approximate surface area is 701 Å². The van der Waals surface area contributed by atoms with Crippen LogP contribution in [0.2, 0.25) is 0 Å². The fourth-order valence-corrected chi connectivity index (χ4v) is 19.7. The quantitative estimate of drug-likeness (QED) is 0.0987. The van der Waals surface area contributed by atoms with Gasteiger partial charge in [0.1, 0.15) is 21.9 Å². The highest BCUT2D eigenvalue weighted by atomic mass is 32.1. The smallest absolute Gasteiger partial charge is 0.393 e. The topological polar surface area (TPSA) is 141 Å². The summed E-state index contributed by atoms with van der Waals surface area (Å²) in [6.45, 7) is 0. The second-order valence-electron chi connectivity index (χ2n) is 30.6.